The molecule has 4 nitrogen and oxygen atoms in total. The summed E-state index contributed by atoms with van der Waals surface area (Å²) < 4.78 is 45.1. The number of aromatic hydroxyl groups is 1. The summed E-state index contributed by atoms with van der Waals surface area (Å²) in [4.78, 5) is 11.8. The molecule has 0 heterocycles. The molecule has 0 aliphatic heterocycles. The van der Waals surface area contributed by atoms with Crippen molar-refractivity contribution in [3.63, 3.8) is 0 Å². The minimum absolute atomic E-state index is 0.0369. The van der Waals surface area contributed by atoms with E-state index >= 15 is 0 Å². The van der Waals surface area contributed by atoms with Crippen LogP contribution < -0.4 is 4.74 Å². The summed E-state index contributed by atoms with van der Waals surface area (Å²) in [5.74, 6) is -2.10. The highest BCUT2D eigenvalue weighted by atomic mass is 19.4. The number of alkyl halides is 3. The Balaban J connectivity index is 2.09. The van der Waals surface area contributed by atoms with Gasteiger partial charge in [-0.3, -0.25) is 0 Å². The van der Waals surface area contributed by atoms with E-state index in [1.165, 1.54) is 0 Å². The van der Waals surface area contributed by atoms with Crippen molar-refractivity contribution in [2.75, 3.05) is 0 Å². The summed E-state index contributed by atoms with van der Waals surface area (Å²) in [5.41, 5.74) is 0.484. The normalized spacial score (nSPS) is 11.0. The lowest BCUT2D eigenvalue weighted by molar-refractivity contribution is -0.274. The van der Waals surface area contributed by atoms with Gasteiger partial charge in [0, 0.05) is 6.07 Å². The van der Waals surface area contributed by atoms with Crippen molar-refractivity contribution in [1.29, 1.82) is 0 Å². The van der Waals surface area contributed by atoms with Crippen molar-refractivity contribution >= 4 is 5.97 Å². The largest absolute Gasteiger partial charge is 0.573 e. The third-order valence-corrected chi connectivity index (χ3v) is 2.57. The van der Waals surface area contributed by atoms with E-state index in [0.29, 0.717) is 0 Å². The molecule has 0 aliphatic carbocycles. The minimum Gasteiger partial charge on any atom is -0.508 e. The number of carbonyl (C=O) groups is 1. The zero-order valence-electron chi connectivity index (χ0n) is 11.1. The van der Waals surface area contributed by atoms with Crippen LogP contribution in [0.5, 0.6) is 11.5 Å². The molecule has 2 aromatic carbocycles. The van der Waals surface area contributed by atoms with Gasteiger partial charge in [-0.25, -0.2) is 4.79 Å². The monoisotopic (exact) mass is 312 g/mol. The summed E-state index contributed by atoms with van der Waals surface area (Å²) >= 11 is 0. The van der Waals surface area contributed by atoms with Gasteiger partial charge in [-0.05, 0) is 17.7 Å². The van der Waals surface area contributed by atoms with Gasteiger partial charge < -0.3 is 14.6 Å². The van der Waals surface area contributed by atoms with Crippen LogP contribution in [0.2, 0.25) is 0 Å². The first-order valence-corrected chi connectivity index (χ1v) is 6.14. The lowest BCUT2D eigenvalue weighted by Crippen LogP contribution is -2.17. The van der Waals surface area contributed by atoms with Gasteiger partial charge in [-0.15, -0.1) is 13.2 Å². The Bertz CT molecular complexity index is 654. The number of halogens is 3. The highest BCUT2D eigenvalue weighted by Gasteiger charge is 2.31. The van der Waals surface area contributed by atoms with E-state index in [4.69, 9.17) is 4.74 Å². The first-order chi connectivity index (χ1) is 10.3. The van der Waals surface area contributed by atoms with E-state index < -0.39 is 23.8 Å². The fourth-order valence-electron chi connectivity index (χ4n) is 1.70. The SMILES string of the molecule is O=C(OCc1ccccc1)c1cc(O)cc(OC(F)(F)F)c1. The van der Waals surface area contributed by atoms with Crippen molar-refractivity contribution in [3.05, 3.63) is 59.7 Å². The molecule has 116 valence electrons. The Kier molecular flexibility index (Phi) is 4.55. The van der Waals surface area contributed by atoms with Gasteiger partial charge in [-0.2, -0.15) is 0 Å². The zero-order chi connectivity index (χ0) is 16.2. The summed E-state index contributed by atoms with van der Waals surface area (Å²) in [7, 11) is 0. The molecule has 2 rings (SSSR count). The predicted octanol–water partition coefficient (Wildman–Crippen LogP) is 3.65. The molecule has 0 saturated carbocycles. The molecule has 0 fully saturated rings. The van der Waals surface area contributed by atoms with Crippen LogP contribution in [0.15, 0.2) is 48.5 Å². The molecule has 0 unspecified atom stereocenters. The van der Waals surface area contributed by atoms with E-state index in [2.05, 4.69) is 4.74 Å². The summed E-state index contributed by atoms with van der Waals surface area (Å²) in [6, 6.07) is 11.4. The molecule has 1 N–H and O–H groups in total. The second-order valence-electron chi connectivity index (χ2n) is 4.33. The number of phenolic OH excluding ortho intramolecular Hbond substituents is 1. The molecule has 2 aromatic rings. The third-order valence-electron chi connectivity index (χ3n) is 2.57. The average molecular weight is 312 g/mol. The van der Waals surface area contributed by atoms with Gasteiger partial charge in [0.15, 0.2) is 0 Å². The molecule has 0 spiro atoms. The Morgan fingerprint density at radius 1 is 1.09 bits per heavy atom. The van der Waals surface area contributed by atoms with E-state index in [9.17, 15) is 23.1 Å². The van der Waals surface area contributed by atoms with Crippen LogP contribution in [0.4, 0.5) is 13.2 Å². The fourth-order valence-corrected chi connectivity index (χ4v) is 1.70. The van der Waals surface area contributed by atoms with Crippen molar-refractivity contribution in [3.8, 4) is 11.5 Å². The second-order valence-corrected chi connectivity index (χ2v) is 4.33. The maximum Gasteiger partial charge on any atom is 0.573 e. The van der Waals surface area contributed by atoms with Crippen molar-refractivity contribution in [2.45, 2.75) is 13.0 Å². The van der Waals surface area contributed by atoms with Crippen molar-refractivity contribution in [1.82, 2.24) is 0 Å². The van der Waals surface area contributed by atoms with E-state index in [0.717, 1.165) is 23.8 Å². The fraction of sp³-hybridized carbons (Fsp3) is 0.133. The molecule has 0 amide bonds. The minimum atomic E-state index is -4.92. The molecule has 0 radical (unpaired) electrons. The third kappa shape index (κ3) is 4.69. The molecule has 7 heteroatoms. The predicted molar refractivity (Wildman–Crippen MR) is 70.4 cm³/mol. The Labute approximate surface area is 123 Å². The summed E-state index contributed by atoms with van der Waals surface area (Å²) in [6.07, 6.45) is -4.92. The number of hydrogen-bond acceptors (Lipinski definition) is 4. The highest BCUT2D eigenvalue weighted by molar-refractivity contribution is 5.90. The summed E-state index contributed by atoms with van der Waals surface area (Å²) in [5, 5.41) is 9.37. The van der Waals surface area contributed by atoms with Gasteiger partial charge in [0.05, 0.1) is 5.56 Å². The van der Waals surface area contributed by atoms with Crippen LogP contribution in [-0.2, 0) is 11.3 Å². The Morgan fingerprint density at radius 2 is 1.77 bits per heavy atom. The van der Waals surface area contributed by atoms with Gasteiger partial charge in [0.25, 0.3) is 0 Å². The van der Waals surface area contributed by atoms with Crippen molar-refractivity contribution in [2.24, 2.45) is 0 Å². The van der Waals surface area contributed by atoms with Crippen LogP contribution >= 0.6 is 0 Å². The van der Waals surface area contributed by atoms with E-state index in [-0.39, 0.29) is 12.2 Å². The van der Waals surface area contributed by atoms with E-state index in [1.54, 1.807) is 30.3 Å². The van der Waals surface area contributed by atoms with Crippen LogP contribution in [-0.4, -0.2) is 17.4 Å². The zero-order valence-corrected chi connectivity index (χ0v) is 11.1. The maximum absolute atomic E-state index is 12.2. The van der Waals surface area contributed by atoms with Gasteiger partial charge >= 0.3 is 12.3 Å². The number of benzene rings is 2. The maximum atomic E-state index is 12.2. The smallest absolute Gasteiger partial charge is 0.508 e. The van der Waals surface area contributed by atoms with Gasteiger partial charge in [-0.1, -0.05) is 30.3 Å². The van der Waals surface area contributed by atoms with Gasteiger partial charge in [0.1, 0.15) is 18.1 Å². The second kappa shape index (κ2) is 6.38. The average Bonchev–Trinajstić information content (AvgIpc) is 2.43. The number of carbonyl (C=O) groups excluding carboxylic acids is 1. The van der Waals surface area contributed by atoms with Crippen LogP contribution in [0.3, 0.4) is 0 Å². The molecule has 22 heavy (non-hydrogen) atoms. The molecule has 0 aromatic heterocycles. The molecule has 0 bridgehead atoms. The quantitative estimate of drug-likeness (QED) is 0.876. The first-order valence-electron chi connectivity index (χ1n) is 6.14. The lowest BCUT2D eigenvalue weighted by atomic mass is 10.2. The number of hydrogen-bond donors (Lipinski definition) is 1. The molecule has 0 saturated heterocycles. The standard InChI is InChI=1S/C15H11F3O4/c16-15(17,18)22-13-7-11(6-12(19)8-13)14(20)21-9-10-4-2-1-3-5-10/h1-8,19H,9H2. The Morgan fingerprint density at radius 3 is 2.41 bits per heavy atom. The topological polar surface area (TPSA) is 55.8 Å². The van der Waals surface area contributed by atoms with Crippen LogP contribution in [0, 0.1) is 0 Å². The summed E-state index contributed by atoms with van der Waals surface area (Å²) in [6.45, 7) is -0.0369. The molecule has 0 atom stereocenters. The van der Waals surface area contributed by atoms with Crippen LogP contribution in [0.25, 0.3) is 0 Å². The highest BCUT2D eigenvalue weighted by Crippen LogP contribution is 2.28. The number of ether oxygens (including phenoxy) is 2. The van der Waals surface area contributed by atoms with Gasteiger partial charge in [0.2, 0.25) is 0 Å². The van der Waals surface area contributed by atoms with Crippen molar-refractivity contribution < 1.29 is 32.5 Å². The number of esters is 1. The van der Waals surface area contributed by atoms with E-state index in [1.807, 2.05) is 0 Å². The Hall–Kier alpha value is -2.70. The number of rotatable bonds is 4. The lowest BCUT2D eigenvalue weighted by Gasteiger charge is -2.11. The molecule has 0 aliphatic rings. The molecular weight excluding hydrogens is 301 g/mol. The van der Waals surface area contributed by atoms with Crippen LogP contribution in [0.1, 0.15) is 15.9 Å². The first kappa shape index (κ1) is 15.7. The number of phenols is 1. The molecular formula is C15H11F3O4.